The van der Waals surface area contributed by atoms with Crippen LogP contribution in [0.15, 0.2) is 221 Å². The molecule has 0 saturated carbocycles. The molecule has 5 aliphatic rings. The molecule has 131 heavy (non-hydrogen) atoms. The van der Waals surface area contributed by atoms with Crippen LogP contribution in [-0.2, 0) is 55.8 Å². The quantitative estimate of drug-likeness (QED) is 0.0614. The van der Waals surface area contributed by atoms with E-state index in [-0.39, 0.29) is 72.8 Å². The number of aromatic nitrogens is 5. The lowest BCUT2D eigenvalue weighted by molar-refractivity contribution is -0.130. The number of halogens is 10. The molecule has 5 N–H and O–H groups in total. The zero-order chi connectivity index (χ0) is 92.2. The molecule has 0 spiro atoms. The highest BCUT2D eigenvalue weighted by molar-refractivity contribution is 9.10. The molecule has 15 aromatic rings. The van der Waals surface area contributed by atoms with Crippen molar-refractivity contribution >= 4 is 198 Å². The van der Waals surface area contributed by atoms with E-state index in [2.05, 4.69) is 93.2 Å². The number of benzene rings is 10. The van der Waals surface area contributed by atoms with Crippen molar-refractivity contribution in [3.05, 3.63) is 347 Å². The lowest BCUT2D eigenvalue weighted by Crippen LogP contribution is -2.41. The summed E-state index contributed by atoms with van der Waals surface area (Å²) < 4.78 is 37.5. The molecule has 5 amide bonds. The number of H-pyrrole nitrogens is 5. The molecule has 19 nitrogen and oxygen atoms in total. The first-order valence-electron chi connectivity index (χ1n) is 43.4. The second-order valence-corrected chi connectivity index (χ2v) is 37.8. The molecule has 5 aliphatic heterocycles. The van der Waals surface area contributed by atoms with Crippen molar-refractivity contribution in [1.29, 1.82) is 0 Å². The van der Waals surface area contributed by atoms with Gasteiger partial charge in [-0.05, 0) is 261 Å². The zero-order valence-corrected chi connectivity index (χ0v) is 80.9. The Bertz CT molecular complexity index is 6580. The van der Waals surface area contributed by atoms with Crippen molar-refractivity contribution in [2.75, 3.05) is 58.4 Å². The Morgan fingerprint density at radius 2 is 0.695 bits per heavy atom. The monoisotopic (exact) mass is 2020 g/mol. The summed E-state index contributed by atoms with van der Waals surface area (Å²) in [5, 5.41) is 9.76. The van der Waals surface area contributed by atoms with E-state index in [1.54, 1.807) is 34.6 Å². The molecule has 0 saturated heterocycles. The van der Waals surface area contributed by atoms with Crippen LogP contribution in [0.4, 0.5) is 23.6 Å². The van der Waals surface area contributed by atoms with Crippen LogP contribution in [0.2, 0.25) is 30.1 Å². The standard InChI is InChI=1S/C21H20BrClN2O2.2C21H20Cl2N2O2.C20H18ClFN2O2.C19H16BrClN2O/c1-12(2)27-21(26)25-10-9-16-17-11-15(23)7-8-18(17)24-19(16)20(25)13-3-5-14(22)6-4-13;1-13-2-4-14(5-3-13)20-19-16(8-10-25(20)21(26)27-11-9-22)17-12-15(23)6-7-18(17)24-19;1-2-11-27-21(26)25-10-9-16-17-12-15(23)7-8-18(17)24-19(16)20(25)13-3-5-14(22)6-4-13;1-2-26-20(25)24-9-8-15-16-11-13(21)6-7-17(16)23-18(15)19(24)12-4-3-5-14(22)10-12;1-11(24)23-9-8-15-16-10-13(20)4-7-17(16)22-18(15)19(23)12-2-5-14(21)6-3-12/h3-8,11-12,20,24H,9-10H2,1-2H3;2-7,12,20,24H,8-11H2,1H3;3-8,12,20,24H,2,9-11H2,1H3;3-7,10-11,19,23H,2,8-9H2,1H3;2-7,10,19,22H,8-9H2,1H3. The highest BCUT2D eigenvalue weighted by atomic mass is 79.9. The van der Waals surface area contributed by atoms with Gasteiger partial charge in [0.2, 0.25) is 5.91 Å². The van der Waals surface area contributed by atoms with Crippen molar-refractivity contribution in [3.63, 3.8) is 0 Å². The van der Waals surface area contributed by atoms with Gasteiger partial charge in [0.1, 0.15) is 36.6 Å². The SMILES string of the molecule is CC(=O)N1CCc2c([nH]c3ccc(Br)cc23)C1c1ccc(Cl)cc1.CC(C)OC(=O)N1CCc2c([nH]c3ccc(Cl)cc23)C1c1ccc(Br)cc1.CCCOC(=O)N1CCc2c([nH]c3ccc(Cl)cc23)C1c1ccc(Cl)cc1.CCOC(=O)N1CCc2c([nH]c3ccc(Cl)cc23)C1c1cccc(F)c1.Cc1ccc(C2c3[nH]c4ccc(Cl)cc4c3CCN2C(=O)OCCCl)cc1. The predicted molar refractivity (Wildman–Crippen MR) is 528 cm³/mol. The highest BCUT2D eigenvalue weighted by Gasteiger charge is 2.42. The minimum Gasteiger partial charge on any atom is -0.450 e. The van der Waals surface area contributed by atoms with Gasteiger partial charge in [0, 0.05) is 162 Å². The number of carbonyl (C=O) groups is 5. The molecule has 10 aromatic carbocycles. The summed E-state index contributed by atoms with van der Waals surface area (Å²) in [7, 11) is 0. The van der Waals surface area contributed by atoms with Crippen molar-refractivity contribution in [2.24, 2.45) is 0 Å². The third kappa shape index (κ3) is 20.3. The number of ether oxygens (including phenoxy) is 4. The molecule has 5 aromatic heterocycles. The second-order valence-electron chi connectivity index (χ2n) is 33.0. The van der Waals surface area contributed by atoms with Gasteiger partial charge in [-0.25, -0.2) is 23.6 Å². The fraction of sp³-hybridized carbons (Fsp3) is 0.265. The van der Waals surface area contributed by atoms with E-state index in [9.17, 15) is 28.4 Å². The largest absolute Gasteiger partial charge is 0.450 e. The maximum Gasteiger partial charge on any atom is 0.410 e. The Balaban J connectivity index is 0.000000120. The Morgan fingerprint density at radius 3 is 1.05 bits per heavy atom. The maximum absolute atomic E-state index is 13.9. The summed E-state index contributed by atoms with van der Waals surface area (Å²) in [5.74, 6) is 0.0308. The molecule has 10 heterocycles. The van der Waals surface area contributed by atoms with E-state index in [4.69, 9.17) is 100 Å². The van der Waals surface area contributed by atoms with Crippen molar-refractivity contribution in [3.8, 4) is 0 Å². The average molecular weight is 2030 g/mol. The topological polar surface area (TPSA) is 217 Å². The number of nitrogens with one attached hydrogen (secondary N) is 5. The summed E-state index contributed by atoms with van der Waals surface area (Å²) in [6, 6.07) is 66.3. The molecule has 676 valence electrons. The Hall–Kier alpha value is -10.6. The van der Waals surface area contributed by atoms with Gasteiger partial charge in [-0.3, -0.25) is 24.4 Å². The number of fused-ring (bicyclic) bond motifs is 15. The van der Waals surface area contributed by atoms with Gasteiger partial charge in [0.05, 0.1) is 31.2 Å². The second kappa shape index (κ2) is 41.2. The summed E-state index contributed by atoms with van der Waals surface area (Å²) in [5.41, 5.74) is 22.2. The average Bonchev–Trinajstić information content (AvgIpc) is 1.64. The number of amides is 5. The molecule has 29 heteroatoms. The summed E-state index contributed by atoms with van der Waals surface area (Å²) in [6.07, 6.45) is 3.10. The third-order valence-corrected chi connectivity index (χ3v) is 26.9. The van der Waals surface area contributed by atoms with Crippen molar-refractivity contribution < 1.29 is 47.3 Å². The van der Waals surface area contributed by atoms with Crippen LogP contribution in [-0.4, -0.2) is 144 Å². The lowest BCUT2D eigenvalue weighted by atomic mass is 9.92. The van der Waals surface area contributed by atoms with Crippen LogP contribution in [0.3, 0.4) is 0 Å². The summed E-state index contributed by atoms with van der Waals surface area (Å²) in [4.78, 5) is 89.4. The van der Waals surface area contributed by atoms with Gasteiger partial charge < -0.3 is 48.8 Å². The first-order valence-corrected chi connectivity index (χ1v) is 47.8. The van der Waals surface area contributed by atoms with E-state index in [1.807, 2.05) is 195 Å². The van der Waals surface area contributed by atoms with Gasteiger partial charge in [-0.2, -0.15) is 0 Å². The van der Waals surface area contributed by atoms with E-state index < -0.39 is 12.1 Å². The fourth-order valence-corrected chi connectivity index (χ4v) is 20.1. The van der Waals surface area contributed by atoms with Crippen LogP contribution in [0.25, 0.3) is 54.5 Å². The van der Waals surface area contributed by atoms with Crippen molar-refractivity contribution in [2.45, 2.75) is 116 Å². The number of nitrogens with zero attached hydrogens (tertiary/aromatic N) is 5. The summed E-state index contributed by atoms with van der Waals surface area (Å²) in [6.45, 7) is 15.1. The molecular formula is C102H94Br2Cl7FN10O9. The molecule has 20 rings (SSSR count). The molecule has 0 bridgehead atoms. The minimum absolute atomic E-state index is 0.0837. The van der Waals surface area contributed by atoms with Crippen LogP contribution in [0, 0.1) is 12.7 Å². The van der Waals surface area contributed by atoms with E-state index in [0.717, 1.165) is 153 Å². The number of aryl methyl sites for hydroxylation is 1. The van der Waals surface area contributed by atoms with Crippen LogP contribution < -0.4 is 0 Å². The number of carbonyl (C=O) groups excluding carboxylic acids is 5. The zero-order valence-electron chi connectivity index (χ0n) is 72.5. The minimum atomic E-state index is -0.431. The number of rotatable bonds is 11. The number of hydrogen-bond acceptors (Lipinski definition) is 9. The van der Waals surface area contributed by atoms with Crippen molar-refractivity contribution in [1.82, 2.24) is 49.4 Å². The van der Waals surface area contributed by atoms with E-state index in [0.29, 0.717) is 81.5 Å². The first kappa shape index (κ1) is 93.6. The van der Waals surface area contributed by atoms with Crippen LogP contribution in [0.1, 0.15) is 161 Å². The normalized spacial score (nSPS) is 16.6. The van der Waals surface area contributed by atoms with E-state index >= 15 is 0 Å². The maximum atomic E-state index is 13.9. The molecule has 0 aliphatic carbocycles. The Labute approximate surface area is 809 Å². The molecule has 5 atom stereocenters. The number of alkyl halides is 1. The molecule has 0 radical (unpaired) electrons. The highest BCUT2D eigenvalue weighted by Crippen LogP contribution is 2.47. The Kier molecular flexibility index (Phi) is 29.5. The Morgan fingerprint density at radius 1 is 0.382 bits per heavy atom. The fourth-order valence-electron chi connectivity index (χ4n) is 18.5. The molecule has 5 unspecified atom stereocenters. The number of hydrogen-bond donors (Lipinski definition) is 5. The first-order chi connectivity index (χ1) is 63.2. The molecular weight excluding hydrogens is 1940 g/mol. The van der Waals surface area contributed by atoms with Gasteiger partial charge in [0.15, 0.2) is 0 Å². The van der Waals surface area contributed by atoms with Gasteiger partial charge >= 0.3 is 24.4 Å². The van der Waals surface area contributed by atoms with Crippen LogP contribution >= 0.6 is 113 Å². The van der Waals surface area contributed by atoms with Gasteiger partial charge in [-0.1, -0.05) is 187 Å². The summed E-state index contributed by atoms with van der Waals surface area (Å²) >= 11 is 49.7. The van der Waals surface area contributed by atoms with Gasteiger partial charge in [0.25, 0.3) is 0 Å². The predicted octanol–water partition coefficient (Wildman–Crippen LogP) is 27.6. The smallest absolute Gasteiger partial charge is 0.410 e. The third-order valence-electron chi connectivity index (χ3n) is 24.2. The van der Waals surface area contributed by atoms with E-state index in [1.165, 1.54) is 45.3 Å². The molecule has 0 fully saturated rings. The number of aromatic amines is 5. The van der Waals surface area contributed by atoms with Crippen LogP contribution in [0.5, 0.6) is 0 Å². The van der Waals surface area contributed by atoms with Gasteiger partial charge in [-0.15, -0.1) is 11.6 Å². The lowest BCUT2D eigenvalue weighted by Gasteiger charge is -2.35.